The van der Waals surface area contributed by atoms with Crippen LogP contribution in [0.25, 0.3) is 33.4 Å². The molecule has 2 aromatic carbocycles. The van der Waals surface area contributed by atoms with E-state index in [1.165, 1.54) is 37.4 Å². The van der Waals surface area contributed by atoms with E-state index in [1.807, 2.05) is 0 Å². The molecule has 0 radical (unpaired) electrons. The number of carbonyl (C=O) groups excluding carboxylic acids is 1. The molecule has 0 spiro atoms. The highest BCUT2D eigenvalue weighted by molar-refractivity contribution is 7.92. The van der Waals surface area contributed by atoms with Crippen LogP contribution in [0.4, 0.5) is 10.1 Å². The van der Waals surface area contributed by atoms with Gasteiger partial charge in [-0.3, -0.25) is 9.52 Å². The normalized spacial score (nSPS) is 11.7. The van der Waals surface area contributed by atoms with Gasteiger partial charge in [0.15, 0.2) is 0 Å². The molecule has 0 aliphatic rings. The summed E-state index contributed by atoms with van der Waals surface area (Å²) in [5.41, 5.74) is 2.91. The number of nitrogens with zero attached hydrogens (tertiary/aromatic N) is 1. The highest BCUT2D eigenvalue weighted by atomic mass is 32.2. The average Bonchev–Trinajstić information content (AvgIpc) is 3.25. The Labute approximate surface area is 183 Å². The fraction of sp³-hybridized carbons (Fsp3) is 0.182. The van der Waals surface area contributed by atoms with E-state index in [0.717, 1.165) is 6.26 Å². The Morgan fingerprint density at radius 2 is 1.81 bits per heavy atom. The summed E-state index contributed by atoms with van der Waals surface area (Å²) in [6, 6.07) is 8.71. The van der Waals surface area contributed by atoms with Crippen LogP contribution in [0.3, 0.4) is 0 Å². The van der Waals surface area contributed by atoms with Gasteiger partial charge in [-0.1, -0.05) is 5.16 Å². The Morgan fingerprint density at radius 1 is 1.12 bits per heavy atom. The summed E-state index contributed by atoms with van der Waals surface area (Å²) in [7, 11) is -2.14. The number of rotatable bonds is 5. The number of benzene rings is 2. The number of aromatic nitrogens is 1. The molecular formula is C22H20FN3O5S. The predicted octanol–water partition coefficient (Wildman–Crippen LogP) is 4.24. The first-order valence-electron chi connectivity index (χ1n) is 9.58. The van der Waals surface area contributed by atoms with Crippen molar-refractivity contribution < 1.29 is 26.5 Å². The van der Waals surface area contributed by atoms with Gasteiger partial charge in [0.05, 0.1) is 23.2 Å². The third-order valence-corrected chi connectivity index (χ3v) is 5.58. The molecule has 2 aromatic heterocycles. The lowest BCUT2D eigenvalue weighted by molar-refractivity contribution is 0.0964. The van der Waals surface area contributed by atoms with E-state index in [4.69, 9.17) is 8.94 Å². The largest absolute Gasteiger partial charge is 0.455 e. The van der Waals surface area contributed by atoms with Crippen LogP contribution >= 0.6 is 0 Å². The van der Waals surface area contributed by atoms with Crippen molar-refractivity contribution in [3.63, 3.8) is 0 Å². The molecule has 10 heteroatoms. The maximum absolute atomic E-state index is 13.4. The van der Waals surface area contributed by atoms with Gasteiger partial charge in [-0.05, 0) is 44.2 Å². The van der Waals surface area contributed by atoms with Crippen molar-refractivity contribution in [3.05, 3.63) is 59.2 Å². The van der Waals surface area contributed by atoms with Crippen LogP contribution in [-0.2, 0) is 10.0 Å². The molecule has 1 amide bonds. The summed E-state index contributed by atoms with van der Waals surface area (Å²) in [6.45, 7) is 3.45. The average molecular weight is 457 g/mol. The number of hydrogen-bond acceptors (Lipinski definition) is 6. The van der Waals surface area contributed by atoms with E-state index in [1.54, 1.807) is 19.9 Å². The number of furan rings is 1. The lowest BCUT2D eigenvalue weighted by Gasteiger charge is -2.11. The Balaban J connectivity index is 2.08. The van der Waals surface area contributed by atoms with Gasteiger partial charge in [0.2, 0.25) is 10.0 Å². The molecule has 4 rings (SSSR count). The monoisotopic (exact) mass is 457 g/mol. The van der Waals surface area contributed by atoms with Crippen LogP contribution in [0, 0.1) is 19.7 Å². The van der Waals surface area contributed by atoms with Crippen molar-refractivity contribution in [1.29, 1.82) is 0 Å². The van der Waals surface area contributed by atoms with Crippen molar-refractivity contribution in [3.8, 4) is 22.5 Å². The topological polar surface area (TPSA) is 114 Å². The molecule has 0 unspecified atom stereocenters. The van der Waals surface area contributed by atoms with Gasteiger partial charge in [0.25, 0.3) is 5.91 Å². The van der Waals surface area contributed by atoms with Gasteiger partial charge in [0, 0.05) is 35.2 Å². The Kier molecular flexibility index (Phi) is 5.25. The van der Waals surface area contributed by atoms with Gasteiger partial charge < -0.3 is 14.3 Å². The van der Waals surface area contributed by atoms with Crippen molar-refractivity contribution in [1.82, 2.24) is 10.5 Å². The summed E-state index contributed by atoms with van der Waals surface area (Å²) in [5.74, 6) is -0.106. The molecular weight excluding hydrogens is 437 g/mol. The molecule has 2 heterocycles. The van der Waals surface area contributed by atoms with Gasteiger partial charge in [-0.2, -0.15) is 0 Å². The van der Waals surface area contributed by atoms with Crippen LogP contribution in [-0.4, -0.2) is 32.8 Å². The third-order valence-electron chi connectivity index (χ3n) is 4.99. The van der Waals surface area contributed by atoms with Crippen molar-refractivity contribution in [2.75, 3.05) is 18.0 Å². The van der Waals surface area contributed by atoms with Gasteiger partial charge in [0.1, 0.15) is 22.9 Å². The quantitative estimate of drug-likeness (QED) is 0.463. The SMILES string of the molecule is CNC(=O)c1c(-c2ccc(F)cc2)oc2cc(NS(C)(=O)=O)c(-c3c(C)noc3C)cc12. The molecule has 0 aliphatic carbocycles. The summed E-state index contributed by atoms with van der Waals surface area (Å²) in [4.78, 5) is 12.8. The molecule has 0 saturated heterocycles. The molecule has 0 saturated carbocycles. The number of fused-ring (bicyclic) bond motifs is 1. The van der Waals surface area contributed by atoms with Gasteiger partial charge in [-0.25, -0.2) is 12.8 Å². The first kappa shape index (κ1) is 21.6. The highest BCUT2D eigenvalue weighted by Crippen LogP contribution is 2.41. The van der Waals surface area contributed by atoms with Crippen LogP contribution in [0.5, 0.6) is 0 Å². The van der Waals surface area contributed by atoms with E-state index in [9.17, 15) is 17.6 Å². The summed E-state index contributed by atoms with van der Waals surface area (Å²) >= 11 is 0. The number of aryl methyl sites for hydroxylation is 2. The first-order valence-corrected chi connectivity index (χ1v) is 11.5. The smallest absolute Gasteiger partial charge is 0.255 e. The van der Waals surface area contributed by atoms with Gasteiger partial charge >= 0.3 is 0 Å². The molecule has 166 valence electrons. The van der Waals surface area contributed by atoms with E-state index < -0.39 is 21.7 Å². The second kappa shape index (κ2) is 7.79. The summed E-state index contributed by atoms with van der Waals surface area (Å²) in [6.07, 6.45) is 1.04. The summed E-state index contributed by atoms with van der Waals surface area (Å²) in [5, 5.41) is 7.01. The molecule has 0 fully saturated rings. The fourth-order valence-corrected chi connectivity index (χ4v) is 4.22. The zero-order valence-corrected chi connectivity index (χ0v) is 18.6. The molecule has 8 nitrogen and oxygen atoms in total. The number of nitrogens with one attached hydrogen (secondary N) is 2. The number of carbonyl (C=O) groups is 1. The van der Waals surface area contributed by atoms with E-state index >= 15 is 0 Å². The minimum Gasteiger partial charge on any atom is -0.455 e. The zero-order chi connectivity index (χ0) is 23.2. The van der Waals surface area contributed by atoms with E-state index in [-0.39, 0.29) is 22.6 Å². The standard InChI is InChI=1S/C22H20FN3O5S/c1-11-19(12(2)31-25-11)15-9-16-18(10-17(15)26-32(4,28)29)30-21(20(16)22(27)24-3)13-5-7-14(23)8-6-13/h5-10,26H,1-4H3,(H,24,27). The van der Waals surface area contributed by atoms with E-state index in [0.29, 0.717) is 33.5 Å². The minimum atomic E-state index is -3.63. The summed E-state index contributed by atoms with van der Waals surface area (Å²) < 4.78 is 51.2. The number of hydrogen-bond donors (Lipinski definition) is 2. The fourth-order valence-electron chi connectivity index (χ4n) is 3.66. The zero-order valence-electron chi connectivity index (χ0n) is 17.7. The van der Waals surface area contributed by atoms with Crippen molar-refractivity contribution >= 4 is 32.6 Å². The third kappa shape index (κ3) is 3.84. The number of sulfonamides is 1. The Hall–Kier alpha value is -3.66. The van der Waals surface area contributed by atoms with Crippen molar-refractivity contribution in [2.24, 2.45) is 0 Å². The van der Waals surface area contributed by atoms with Crippen molar-refractivity contribution in [2.45, 2.75) is 13.8 Å². The minimum absolute atomic E-state index is 0.237. The maximum Gasteiger partial charge on any atom is 0.255 e. The van der Waals surface area contributed by atoms with Crippen LogP contribution in [0.1, 0.15) is 21.8 Å². The molecule has 0 aliphatic heterocycles. The molecule has 2 N–H and O–H groups in total. The molecule has 0 bridgehead atoms. The van der Waals surface area contributed by atoms with E-state index in [2.05, 4.69) is 15.2 Å². The molecule has 0 atom stereocenters. The van der Waals surface area contributed by atoms with Crippen LogP contribution in [0.2, 0.25) is 0 Å². The first-order chi connectivity index (χ1) is 15.1. The molecule has 32 heavy (non-hydrogen) atoms. The lowest BCUT2D eigenvalue weighted by Crippen LogP contribution is -2.18. The highest BCUT2D eigenvalue weighted by Gasteiger charge is 2.25. The van der Waals surface area contributed by atoms with Crippen LogP contribution < -0.4 is 10.0 Å². The number of halogens is 1. The second-order valence-corrected chi connectivity index (χ2v) is 9.11. The van der Waals surface area contributed by atoms with Gasteiger partial charge in [-0.15, -0.1) is 0 Å². The second-order valence-electron chi connectivity index (χ2n) is 7.36. The number of amides is 1. The maximum atomic E-state index is 13.4. The number of anilines is 1. The molecule has 4 aromatic rings. The predicted molar refractivity (Wildman–Crippen MR) is 118 cm³/mol. The lowest BCUT2D eigenvalue weighted by atomic mass is 9.98. The van der Waals surface area contributed by atoms with Crippen LogP contribution in [0.15, 0.2) is 45.3 Å². The Morgan fingerprint density at radius 3 is 2.38 bits per heavy atom. The Bertz CT molecular complexity index is 1430.